The summed E-state index contributed by atoms with van der Waals surface area (Å²) >= 11 is 0. The minimum Gasteiger partial charge on any atom is -0.309 e. The largest absolute Gasteiger partial charge is 0.309 e. The molecule has 12 rings (SSSR count). The van der Waals surface area contributed by atoms with Crippen LogP contribution in [0, 0.1) is 0 Å². The number of aromatic nitrogens is 1. The van der Waals surface area contributed by atoms with Gasteiger partial charge in [0.05, 0.1) is 28.1 Å². The second kappa shape index (κ2) is 16.8. The van der Waals surface area contributed by atoms with Crippen LogP contribution in [0.25, 0.3) is 93.9 Å². The zero-order valence-electron chi connectivity index (χ0n) is 36.3. The Kier molecular flexibility index (Phi) is 9.89. The maximum atomic E-state index is 2.53. The van der Waals surface area contributed by atoms with Crippen molar-refractivity contribution in [2.24, 2.45) is 0 Å². The SMILES string of the molecule is c1ccc(-c2ccc(N(c3ccccc3-c3cccc4cccc(-c5ccccc5)c34)c3ccccc3-c3cccc4c3c3ccccc3n4-c3ccccc3)c(-c3ccccc3)c2)cc1. The first kappa shape index (κ1) is 38.9. The zero-order chi connectivity index (χ0) is 43.8. The molecule has 0 radical (unpaired) electrons. The lowest BCUT2D eigenvalue weighted by Gasteiger charge is -2.32. The van der Waals surface area contributed by atoms with Crippen molar-refractivity contribution in [3.8, 4) is 61.3 Å². The van der Waals surface area contributed by atoms with Gasteiger partial charge in [-0.2, -0.15) is 0 Å². The highest BCUT2D eigenvalue weighted by Gasteiger charge is 2.26. The van der Waals surface area contributed by atoms with E-state index in [0.29, 0.717) is 0 Å². The Hall–Kier alpha value is -8.72. The molecular weight excluding hydrogens is 797 g/mol. The highest BCUT2D eigenvalue weighted by atomic mass is 15.2. The Morgan fingerprint density at radius 3 is 1.36 bits per heavy atom. The van der Waals surface area contributed by atoms with Crippen molar-refractivity contribution >= 4 is 49.6 Å². The van der Waals surface area contributed by atoms with Crippen molar-refractivity contribution in [1.29, 1.82) is 0 Å². The Labute approximate surface area is 385 Å². The van der Waals surface area contributed by atoms with Gasteiger partial charge in [-0.1, -0.05) is 218 Å². The van der Waals surface area contributed by atoms with E-state index in [2.05, 4.69) is 276 Å². The number of fused-ring (bicyclic) bond motifs is 4. The van der Waals surface area contributed by atoms with E-state index in [0.717, 1.165) is 45.0 Å². The smallest absolute Gasteiger partial charge is 0.0547 e. The zero-order valence-corrected chi connectivity index (χ0v) is 36.3. The molecule has 0 N–H and O–H groups in total. The quantitative estimate of drug-likeness (QED) is 0.141. The summed E-state index contributed by atoms with van der Waals surface area (Å²) < 4.78 is 2.41. The van der Waals surface area contributed by atoms with Crippen LogP contribution in [0.1, 0.15) is 0 Å². The van der Waals surface area contributed by atoms with Crippen LogP contribution in [-0.2, 0) is 0 Å². The first-order valence-electron chi connectivity index (χ1n) is 22.7. The van der Waals surface area contributed by atoms with Gasteiger partial charge in [0, 0.05) is 33.2 Å². The molecule has 0 bridgehead atoms. The molecule has 1 heterocycles. The van der Waals surface area contributed by atoms with Crippen molar-refractivity contribution in [2.45, 2.75) is 0 Å². The van der Waals surface area contributed by atoms with Crippen LogP contribution in [0.5, 0.6) is 0 Å². The molecule has 0 unspecified atom stereocenters. The topological polar surface area (TPSA) is 8.17 Å². The third-order valence-electron chi connectivity index (χ3n) is 13.0. The third kappa shape index (κ3) is 6.75. The van der Waals surface area contributed by atoms with Crippen LogP contribution in [0.2, 0.25) is 0 Å². The van der Waals surface area contributed by atoms with Gasteiger partial charge in [-0.25, -0.2) is 0 Å². The van der Waals surface area contributed by atoms with Crippen molar-refractivity contribution in [2.75, 3.05) is 4.90 Å². The lowest BCUT2D eigenvalue weighted by atomic mass is 9.89. The molecule has 0 aliphatic rings. The maximum absolute atomic E-state index is 2.53. The summed E-state index contributed by atoms with van der Waals surface area (Å²) in [7, 11) is 0. The number of para-hydroxylation sites is 4. The van der Waals surface area contributed by atoms with Gasteiger partial charge in [0.15, 0.2) is 0 Å². The minimum atomic E-state index is 1.09. The molecule has 0 atom stereocenters. The molecule has 0 saturated heterocycles. The van der Waals surface area contributed by atoms with E-state index in [1.807, 2.05) is 0 Å². The normalized spacial score (nSPS) is 11.3. The second-order valence-electron chi connectivity index (χ2n) is 16.8. The fourth-order valence-electron chi connectivity index (χ4n) is 10.1. The van der Waals surface area contributed by atoms with Crippen LogP contribution >= 0.6 is 0 Å². The molecule has 12 aromatic rings. The van der Waals surface area contributed by atoms with Crippen LogP contribution < -0.4 is 4.90 Å². The van der Waals surface area contributed by atoms with Gasteiger partial charge in [-0.15, -0.1) is 0 Å². The molecule has 2 nitrogen and oxygen atoms in total. The fourth-order valence-corrected chi connectivity index (χ4v) is 10.1. The van der Waals surface area contributed by atoms with Crippen molar-refractivity contribution in [3.63, 3.8) is 0 Å². The summed E-state index contributed by atoms with van der Waals surface area (Å²) in [6.45, 7) is 0. The number of benzene rings is 11. The summed E-state index contributed by atoms with van der Waals surface area (Å²) in [5.41, 5.74) is 18.4. The average molecular weight is 841 g/mol. The summed E-state index contributed by atoms with van der Waals surface area (Å²) in [6.07, 6.45) is 0. The Morgan fingerprint density at radius 2 is 0.712 bits per heavy atom. The summed E-state index contributed by atoms with van der Waals surface area (Å²) in [5.74, 6) is 0. The third-order valence-corrected chi connectivity index (χ3v) is 13.0. The molecule has 0 saturated carbocycles. The highest BCUT2D eigenvalue weighted by molar-refractivity contribution is 6.17. The van der Waals surface area contributed by atoms with E-state index in [1.54, 1.807) is 0 Å². The van der Waals surface area contributed by atoms with Crippen LogP contribution in [0.4, 0.5) is 17.1 Å². The number of nitrogens with zero attached hydrogens (tertiary/aromatic N) is 2. The second-order valence-corrected chi connectivity index (χ2v) is 16.8. The van der Waals surface area contributed by atoms with E-state index >= 15 is 0 Å². The molecule has 1 aromatic heterocycles. The van der Waals surface area contributed by atoms with Gasteiger partial charge in [0.2, 0.25) is 0 Å². The van der Waals surface area contributed by atoms with Gasteiger partial charge in [-0.3, -0.25) is 0 Å². The van der Waals surface area contributed by atoms with Crippen molar-refractivity contribution < 1.29 is 0 Å². The summed E-state index contributed by atoms with van der Waals surface area (Å²) in [6, 6.07) is 97.1. The predicted molar refractivity (Wildman–Crippen MR) is 280 cm³/mol. The van der Waals surface area contributed by atoms with Gasteiger partial charge in [0.25, 0.3) is 0 Å². The Bertz CT molecular complexity index is 3680. The standard InChI is InChI=1S/C64H44N2/c1-5-22-45(23-6-1)49-42-43-61(57(44-49)47-26-9-3-10-27-47)66(58-38-16-13-32-52(58)54-36-20-29-48-28-19-35-51(63(48)54)46-24-7-2-8-25-46)59-39-17-14-33-53(59)55-37-21-41-62-64(55)56-34-15-18-40-60(56)65(62)50-30-11-4-12-31-50/h1-44H. The molecule has 310 valence electrons. The monoisotopic (exact) mass is 840 g/mol. The molecule has 0 spiro atoms. The van der Waals surface area contributed by atoms with Crippen LogP contribution in [0.15, 0.2) is 267 Å². The van der Waals surface area contributed by atoms with Gasteiger partial charge < -0.3 is 9.47 Å². The van der Waals surface area contributed by atoms with Gasteiger partial charge in [-0.05, 0) is 98.2 Å². The summed E-state index contributed by atoms with van der Waals surface area (Å²) in [4.78, 5) is 2.53. The molecule has 2 heteroatoms. The lowest BCUT2D eigenvalue weighted by Crippen LogP contribution is -2.14. The van der Waals surface area contributed by atoms with E-state index in [-0.39, 0.29) is 0 Å². The van der Waals surface area contributed by atoms with Gasteiger partial charge >= 0.3 is 0 Å². The van der Waals surface area contributed by atoms with Crippen molar-refractivity contribution in [3.05, 3.63) is 267 Å². The van der Waals surface area contributed by atoms with Gasteiger partial charge in [0.1, 0.15) is 0 Å². The molecule has 0 fully saturated rings. The van der Waals surface area contributed by atoms with E-state index in [1.165, 1.54) is 66.0 Å². The molecule has 0 amide bonds. The number of rotatable bonds is 9. The van der Waals surface area contributed by atoms with E-state index in [9.17, 15) is 0 Å². The minimum absolute atomic E-state index is 1.09. The lowest BCUT2D eigenvalue weighted by molar-refractivity contribution is 1.18. The van der Waals surface area contributed by atoms with E-state index in [4.69, 9.17) is 0 Å². The summed E-state index contributed by atoms with van der Waals surface area (Å²) in [5, 5.41) is 4.87. The van der Waals surface area contributed by atoms with Crippen LogP contribution in [0.3, 0.4) is 0 Å². The highest BCUT2D eigenvalue weighted by Crippen LogP contribution is 2.51. The van der Waals surface area contributed by atoms with Crippen molar-refractivity contribution in [1.82, 2.24) is 4.57 Å². The fraction of sp³-hybridized carbons (Fsp3) is 0. The van der Waals surface area contributed by atoms with E-state index < -0.39 is 0 Å². The number of hydrogen-bond donors (Lipinski definition) is 0. The first-order valence-corrected chi connectivity index (χ1v) is 22.7. The predicted octanol–water partition coefficient (Wildman–Crippen LogP) is 17.7. The molecule has 0 aliphatic carbocycles. The maximum Gasteiger partial charge on any atom is 0.0547 e. The first-order chi connectivity index (χ1) is 32.8. The molecule has 11 aromatic carbocycles. The average Bonchev–Trinajstić information content (AvgIpc) is 3.74. The number of hydrogen-bond acceptors (Lipinski definition) is 1. The molecule has 66 heavy (non-hydrogen) atoms. The molecule has 0 aliphatic heterocycles. The Balaban J connectivity index is 1.17. The Morgan fingerprint density at radius 1 is 0.258 bits per heavy atom. The number of anilines is 3. The molecular formula is C64H44N2. The van der Waals surface area contributed by atoms with Crippen LogP contribution in [-0.4, -0.2) is 4.57 Å².